The summed E-state index contributed by atoms with van der Waals surface area (Å²) in [6.07, 6.45) is 2.17. The number of alkyl halides is 2. The molecule has 1 fully saturated rings. The second-order valence-electron chi connectivity index (χ2n) is 8.98. The smallest absolute Gasteiger partial charge is 0.256 e. The first-order valence-corrected chi connectivity index (χ1v) is 13.0. The SMILES string of the molecule is CS(=O)(=O)c1ccc(N2CCC(F)(F)CC2)c(C(=O)N2Cc3cn(-c4ccc(F)cc4)nc3C2)c1. The molecule has 0 saturated carbocycles. The Morgan fingerprint density at radius 3 is 2.34 bits per heavy atom. The molecule has 2 aliphatic rings. The zero-order valence-corrected chi connectivity index (χ0v) is 19.7. The number of anilines is 1. The van der Waals surface area contributed by atoms with Crippen LogP contribution in [0.15, 0.2) is 53.6 Å². The van der Waals surface area contributed by atoms with E-state index in [-0.39, 0.29) is 55.3 Å². The molecule has 35 heavy (non-hydrogen) atoms. The van der Waals surface area contributed by atoms with Gasteiger partial charge in [0.2, 0.25) is 0 Å². The molecule has 1 saturated heterocycles. The number of nitrogens with zero attached hydrogens (tertiary/aromatic N) is 4. The molecule has 1 aromatic heterocycles. The minimum atomic E-state index is -3.58. The quantitative estimate of drug-likeness (QED) is 0.540. The number of carbonyl (C=O) groups is 1. The lowest BCUT2D eigenvalue weighted by Gasteiger charge is -2.34. The van der Waals surface area contributed by atoms with Gasteiger partial charge in [0.15, 0.2) is 9.84 Å². The number of benzene rings is 2. The lowest BCUT2D eigenvalue weighted by atomic mass is 10.0. The maximum atomic E-state index is 13.7. The predicted octanol–water partition coefficient (Wildman–Crippen LogP) is 3.81. The summed E-state index contributed by atoms with van der Waals surface area (Å²) < 4.78 is 66.6. The first kappa shape index (κ1) is 23.4. The van der Waals surface area contributed by atoms with Crippen LogP contribution in [0.5, 0.6) is 0 Å². The molecule has 0 atom stereocenters. The highest BCUT2D eigenvalue weighted by atomic mass is 32.2. The van der Waals surface area contributed by atoms with Crippen molar-refractivity contribution in [1.29, 1.82) is 0 Å². The minimum Gasteiger partial charge on any atom is -0.370 e. The number of amides is 1. The van der Waals surface area contributed by atoms with Crippen molar-refractivity contribution in [2.75, 3.05) is 24.2 Å². The van der Waals surface area contributed by atoms with Gasteiger partial charge < -0.3 is 9.80 Å². The fourth-order valence-corrected chi connectivity index (χ4v) is 5.11. The van der Waals surface area contributed by atoms with Crippen LogP contribution in [0.25, 0.3) is 5.69 Å². The third-order valence-electron chi connectivity index (χ3n) is 6.42. The Hall–Kier alpha value is -3.34. The van der Waals surface area contributed by atoms with Crippen LogP contribution in [0.3, 0.4) is 0 Å². The van der Waals surface area contributed by atoms with E-state index in [1.807, 2.05) is 0 Å². The number of rotatable bonds is 4. The average Bonchev–Trinajstić information content (AvgIpc) is 3.38. The van der Waals surface area contributed by atoms with Crippen molar-refractivity contribution in [3.8, 4) is 5.69 Å². The largest absolute Gasteiger partial charge is 0.370 e. The van der Waals surface area contributed by atoms with Gasteiger partial charge in [0.1, 0.15) is 5.82 Å². The summed E-state index contributed by atoms with van der Waals surface area (Å²) in [6.45, 7) is 0.602. The fourth-order valence-electron chi connectivity index (χ4n) is 4.46. The molecule has 5 rings (SSSR count). The molecule has 3 heterocycles. The van der Waals surface area contributed by atoms with E-state index < -0.39 is 21.7 Å². The standard InChI is InChI=1S/C24H23F3N4O3S/c1-35(33,34)19-6-7-22(29-10-8-24(26,27)9-11-29)20(12-19)23(32)30-13-16-14-31(28-21(16)15-30)18-4-2-17(25)3-5-18/h2-7,12,14H,8-11,13,15H2,1H3. The van der Waals surface area contributed by atoms with Crippen LogP contribution in [0.4, 0.5) is 18.9 Å². The number of sulfone groups is 1. The van der Waals surface area contributed by atoms with Crippen LogP contribution in [-0.4, -0.2) is 54.3 Å². The number of halogens is 3. The molecule has 184 valence electrons. The van der Waals surface area contributed by atoms with E-state index in [9.17, 15) is 26.4 Å². The lowest BCUT2D eigenvalue weighted by Crippen LogP contribution is -2.40. The van der Waals surface area contributed by atoms with Gasteiger partial charge in [-0.3, -0.25) is 4.79 Å². The third-order valence-corrected chi connectivity index (χ3v) is 7.53. The van der Waals surface area contributed by atoms with Crippen LogP contribution in [0.1, 0.15) is 34.5 Å². The fraction of sp³-hybridized carbons (Fsp3) is 0.333. The van der Waals surface area contributed by atoms with Gasteiger partial charge in [-0.2, -0.15) is 5.10 Å². The van der Waals surface area contributed by atoms with Crippen molar-refractivity contribution in [2.24, 2.45) is 0 Å². The Morgan fingerprint density at radius 2 is 1.71 bits per heavy atom. The lowest BCUT2D eigenvalue weighted by molar-refractivity contribution is -0.0220. The van der Waals surface area contributed by atoms with Crippen molar-refractivity contribution in [3.05, 3.63) is 71.3 Å². The van der Waals surface area contributed by atoms with Gasteiger partial charge in [0, 0.05) is 56.2 Å². The molecule has 7 nitrogen and oxygen atoms in total. The van der Waals surface area contributed by atoms with Crippen LogP contribution >= 0.6 is 0 Å². The third kappa shape index (κ3) is 4.64. The van der Waals surface area contributed by atoms with E-state index in [0.29, 0.717) is 17.1 Å². The van der Waals surface area contributed by atoms with Gasteiger partial charge in [-0.15, -0.1) is 0 Å². The zero-order valence-electron chi connectivity index (χ0n) is 18.9. The summed E-state index contributed by atoms with van der Waals surface area (Å²) >= 11 is 0. The van der Waals surface area contributed by atoms with Crippen molar-refractivity contribution < 1.29 is 26.4 Å². The summed E-state index contributed by atoms with van der Waals surface area (Å²) in [5.74, 6) is -3.50. The maximum Gasteiger partial charge on any atom is 0.256 e. The summed E-state index contributed by atoms with van der Waals surface area (Å²) in [7, 11) is -3.58. The molecule has 3 aromatic rings. The van der Waals surface area contributed by atoms with Gasteiger partial charge in [-0.1, -0.05) is 0 Å². The Labute approximate surface area is 200 Å². The Balaban J connectivity index is 1.42. The monoisotopic (exact) mass is 504 g/mol. The van der Waals surface area contributed by atoms with Crippen molar-refractivity contribution in [2.45, 2.75) is 36.7 Å². The number of fused-ring (bicyclic) bond motifs is 1. The molecule has 0 unspecified atom stereocenters. The minimum absolute atomic E-state index is 0.00892. The molecule has 0 N–H and O–H groups in total. The molecule has 11 heteroatoms. The first-order valence-electron chi connectivity index (χ1n) is 11.1. The number of aromatic nitrogens is 2. The number of piperidine rings is 1. The second kappa shape index (κ2) is 8.40. The second-order valence-corrected chi connectivity index (χ2v) is 11.0. The maximum absolute atomic E-state index is 13.7. The number of carbonyl (C=O) groups excluding carboxylic acids is 1. The summed E-state index contributed by atoms with van der Waals surface area (Å²) in [5, 5.41) is 4.51. The van der Waals surface area contributed by atoms with E-state index in [1.54, 1.807) is 32.8 Å². The molecule has 0 aliphatic carbocycles. The van der Waals surface area contributed by atoms with E-state index >= 15 is 0 Å². The summed E-state index contributed by atoms with van der Waals surface area (Å²) in [4.78, 5) is 16.8. The van der Waals surface area contributed by atoms with E-state index in [1.165, 1.54) is 30.3 Å². The molecular weight excluding hydrogens is 481 g/mol. The van der Waals surface area contributed by atoms with Gasteiger partial charge in [-0.05, 0) is 42.5 Å². The zero-order chi connectivity index (χ0) is 25.0. The Kier molecular flexibility index (Phi) is 5.62. The average molecular weight is 505 g/mol. The van der Waals surface area contributed by atoms with Crippen LogP contribution in [0, 0.1) is 5.82 Å². The van der Waals surface area contributed by atoms with Gasteiger partial charge in [0.05, 0.1) is 28.4 Å². The van der Waals surface area contributed by atoms with E-state index in [4.69, 9.17) is 0 Å². The Morgan fingerprint density at radius 1 is 1.03 bits per heavy atom. The van der Waals surface area contributed by atoms with Crippen molar-refractivity contribution >= 4 is 21.4 Å². The van der Waals surface area contributed by atoms with Gasteiger partial charge in [0.25, 0.3) is 11.8 Å². The van der Waals surface area contributed by atoms with Crippen LogP contribution < -0.4 is 4.90 Å². The molecule has 2 aromatic carbocycles. The van der Waals surface area contributed by atoms with Gasteiger partial charge >= 0.3 is 0 Å². The molecule has 1 amide bonds. The molecule has 0 spiro atoms. The first-order chi connectivity index (χ1) is 16.5. The molecule has 0 radical (unpaired) electrons. The van der Waals surface area contributed by atoms with Crippen molar-refractivity contribution in [3.63, 3.8) is 0 Å². The molecular formula is C24H23F3N4O3S. The number of hydrogen-bond donors (Lipinski definition) is 0. The highest BCUT2D eigenvalue weighted by molar-refractivity contribution is 7.90. The van der Waals surface area contributed by atoms with E-state index in [0.717, 1.165) is 11.8 Å². The normalized spacial score (nSPS) is 17.5. The highest BCUT2D eigenvalue weighted by Crippen LogP contribution is 2.34. The Bertz CT molecular complexity index is 1370. The highest BCUT2D eigenvalue weighted by Gasteiger charge is 2.36. The van der Waals surface area contributed by atoms with Gasteiger partial charge in [-0.25, -0.2) is 26.3 Å². The van der Waals surface area contributed by atoms with Crippen LogP contribution in [-0.2, 0) is 22.9 Å². The summed E-state index contributed by atoms with van der Waals surface area (Å²) in [5.41, 5.74) is 2.79. The molecule has 0 bridgehead atoms. The molecule has 2 aliphatic heterocycles. The van der Waals surface area contributed by atoms with Crippen LogP contribution in [0.2, 0.25) is 0 Å². The van der Waals surface area contributed by atoms with Crippen molar-refractivity contribution in [1.82, 2.24) is 14.7 Å². The predicted molar refractivity (Wildman–Crippen MR) is 123 cm³/mol. The summed E-state index contributed by atoms with van der Waals surface area (Å²) in [6, 6.07) is 10.1. The number of hydrogen-bond acceptors (Lipinski definition) is 5. The topological polar surface area (TPSA) is 75.5 Å². The van der Waals surface area contributed by atoms with E-state index in [2.05, 4.69) is 5.10 Å².